The van der Waals surface area contributed by atoms with E-state index in [1.54, 1.807) is 0 Å². The molecule has 0 saturated carbocycles. The number of aryl methyl sites for hydroxylation is 1. The van der Waals surface area contributed by atoms with Crippen molar-refractivity contribution in [1.29, 1.82) is 0 Å². The third-order valence-electron chi connectivity index (χ3n) is 3.17. The Hall–Kier alpha value is -2.55. The second kappa shape index (κ2) is 5.21. The second-order valence-corrected chi connectivity index (χ2v) is 4.64. The molecule has 100 valence electrons. The van der Waals surface area contributed by atoms with Gasteiger partial charge in [0, 0.05) is 10.9 Å². The number of benzene rings is 2. The van der Waals surface area contributed by atoms with Crippen LogP contribution in [0.25, 0.3) is 11.0 Å². The summed E-state index contributed by atoms with van der Waals surface area (Å²) in [6, 6.07) is 18.0. The fourth-order valence-corrected chi connectivity index (χ4v) is 2.14. The molecule has 0 saturated heterocycles. The van der Waals surface area contributed by atoms with Gasteiger partial charge in [-0.15, -0.1) is 0 Å². The van der Waals surface area contributed by atoms with E-state index >= 15 is 0 Å². The van der Waals surface area contributed by atoms with Crippen LogP contribution in [0.2, 0.25) is 0 Å². The van der Waals surface area contributed by atoms with Gasteiger partial charge in [0.05, 0.1) is 0 Å². The van der Waals surface area contributed by atoms with Crippen LogP contribution in [-0.4, -0.2) is 12.8 Å². The fraction of sp³-hybridized carbons (Fsp3) is 0.118. The zero-order valence-corrected chi connectivity index (χ0v) is 11.5. The van der Waals surface area contributed by atoms with Crippen molar-refractivity contribution in [2.75, 3.05) is 7.11 Å². The number of furan rings is 1. The monoisotopic (exact) mass is 265 g/mol. The van der Waals surface area contributed by atoms with Gasteiger partial charge >= 0.3 is 0 Å². The Morgan fingerprint density at radius 3 is 2.50 bits per heavy atom. The van der Waals surface area contributed by atoms with E-state index < -0.39 is 0 Å². The number of oxime groups is 1. The Morgan fingerprint density at radius 1 is 1.05 bits per heavy atom. The van der Waals surface area contributed by atoms with Gasteiger partial charge in [-0.05, 0) is 19.1 Å². The zero-order chi connectivity index (χ0) is 13.9. The minimum atomic E-state index is 0.698. The summed E-state index contributed by atoms with van der Waals surface area (Å²) in [5, 5.41) is 5.17. The van der Waals surface area contributed by atoms with Crippen LogP contribution in [0.5, 0.6) is 0 Å². The van der Waals surface area contributed by atoms with Gasteiger partial charge in [0.2, 0.25) is 0 Å². The highest BCUT2D eigenvalue weighted by molar-refractivity contribution is 6.12. The SMILES string of the molecule is CON=C(c1ccc(C)cc1)c1cc2ccccc2o1. The first kappa shape index (κ1) is 12.5. The van der Waals surface area contributed by atoms with Gasteiger partial charge in [0.25, 0.3) is 0 Å². The summed E-state index contributed by atoms with van der Waals surface area (Å²) in [6.07, 6.45) is 0. The predicted octanol–water partition coefficient (Wildman–Crippen LogP) is 4.14. The van der Waals surface area contributed by atoms with Gasteiger partial charge in [-0.2, -0.15) is 0 Å². The molecule has 0 radical (unpaired) electrons. The topological polar surface area (TPSA) is 34.7 Å². The Balaban J connectivity index is 2.11. The molecule has 0 atom stereocenters. The molecule has 3 nitrogen and oxygen atoms in total. The molecule has 0 aliphatic rings. The van der Waals surface area contributed by atoms with Crippen LogP contribution in [0.3, 0.4) is 0 Å². The van der Waals surface area contributed by atoms with Gasteiger partial charge in [-0.1, -0.05) is 53.2 Å². The first-order chi connectivity index (χ1) is 9.78. The van der Waals surface area contributed by atoms with E-state index in [1.165, 1.54) is 12.7 Å². The molecule has 3 rings (SSSR count). The number of fused-ring (bicyclic) bond motifs is 1. The van der Waals surface area contributed by atoms with Crippen molar-refractivity contribution >= 4 is 16.7 Å². The molecule has 0 fully saturated rings. The molecular weight excluding hydrogens is 250 g/mol. The zero-order valence-electron chi connectivity index (χ0n) is 11.5. The highest BCUT2D eigenvalue weighted by atomic mass is 16.6. The number of para-hydroxylation sites is 1. The van der Waals surface area contributed by atoms with Crippen LogP contribution in [0.15, 0.2) is 64.2 Å². The van der Waals surface area contributed by atoms with Crippen molar-refractivity contribution in [1.82, 2.24) is 0 Å². The Kier molecular flexibility index (Phi) is 3.25. The van der Waals surface area contributed by atoms with E-state index in [2.05, 4.69) is 12.1 Å². The summed E-state index contributed by atoms with van der Waals surface area (Å²) >= 11 is 0. The van der Waals surface area contributed by atoms with E-state index in [1.807, 2.05) is 54.6 Å². The molecule has 0 unspecified atom stereocenters. The largest absolute Gasteiger partial charge is 0.454 e. The molecule has 1 aromatic heterocycles. The normalized spacial score (nSPS) is 11.8. The quantitative estimate of drug-likeness (QED) is 0.527. The first-order valence-corrected chi connectivity index (χ1v) is 6.45. The van der Waals surface area contributed by atoms with Crippen molar-refractivity contribution in [2.24, 2.45) is 5.16 Å². The molecule has 0 amide bonds. The van der Waals surface area contributed by atoms with Crippen LogP contribution < -0.4 is 0 Å². The van der Waals surface area contributed by atoms with Gasteiger partial charge in [-0.25, -0.2) is 0 Å². The lowest BCUT2D eigenvalue weighted by Crippen LogP contribution is -2.02. The molecule has 0 bridgehead atoms. The molecule has 0 aliphatic carbocycles. The van der Waals surface area contributed by atoms with E-state index in [-0.39, 0.29) is 0 Å². The van der Waals surface area contributed by atoms with Crippen LogP contribution in [-0.2, 0) is 4.84 Å². The van der Waals surface area contributed by atoms with E-state index in [4.69, 9.17) is 9.25 Å². The Bertz CT molecular complexity index is 721. The molecule has 3 heteroatoms. The average Bonchev–Trinajstić information content (AvgIpc) is 2.89. The van der Waals surface area contributed by atoms with Crippen LogP contribution in [0.1, 0.15) is 16.9 Å². The Labute approximate surface area is 117 Å². The lowest BCUT2D eigenvalue weighted by atomic mass is 10.1. The molecule has 0 N–H and O–H groups in total. The van der Waals surface area contributed by atoms with Gasteiger partial charge in [0.15, 0.2) is 11.5 Å². The maximum absolute atomic E-state index is 5.86. The minimum Gasteiger partial charge on any atom is -0.454 e. The van der Waals surface area contributed by atoms with Crippen molar-refractivity contribution in [3.8, 4) is 0 Å². The predicted molar refractivity (Wildman–Crippen MR) is 80.0 cm³/mol. The average molecular weight is 265 g/mol. The number of hydrogen-bond donors (Lipinski definition) is 0. The van der Waals surface area contributed by atoms with Gasteiger partial charge in [0.1, 0.15) is 12.7 Å². The highest BCUT2D eigenvalue weighted by Gasteiger charge is 2.13. The van der Waals surface area contributed by atoms with Crippen LogP contribution in [0.4, 0.5) is 0 Å². The molecule has 2 aromatic carbocycles. The van der Waals surface area contributed by atoms with E-state index in [0.29, 0.717) is 11.5 Å². The smallest absolute Gasteiger partial charge is 0.157 e. The van der Waals surface area contributed by atoms with Crippen LogP contribution in [0, 0.1) is 6.92 Å². The second-order valence-electron chi connectivity index (χ2n) is 4.64. The molecule has 0 spiro atoms. The molecular formula is C17H15NO2. The summed E-state index contributed by atoms with van der Waals surface area (Å²) in [5.74, 6) is 0.705. The molecule has 1 heterocycles. The number of hydrogen-bond acceptors (Lipinski definition) is 3. The lowest BCUT2D eigenvalue weighted by Gasteiger charge is -2.03. The summed E-state index contributed by atoms with van der Waals surface area (Å²) in [6.45, 7) is 2.05. The van der Waals surface area contributed by atoms with Gasteiger partial charge < -0.3 is 9.25 Å². The van der Waals surface area contributed by atoms with Crippen molar-refractivity contribution in [3.63, 3.8) is 0 Å². The maximum Gasteiger partial charge on any atom is 0.157 e. The number of nitrogens with zero attached hydrogens (tertiary/aromatic N) is 1. The summed E-state index contributed by atoms with van der Waals surface area (Å²) in [7, 11) is 1.54. The third-order valence-corrected chi connectivity index (χ3v) is 3.17. The molecule has 0 aliphatic heterocycles. The van der Waals surface area contributed by atoms with E-state index in [0.717, 1.165) is 16.5 Å². The van der Waals surface area contributed by atoms with Crippen molar-refractivity contribution < 1.29 is 9.25 Å². The summed E-state index contributed by atoms with van der Waals surface area (Å²) in [5.41, 5.74) is 3.72. The highest BCUT2D eigenvalue weighted by Crippen LogP contribution is 2.22. The summed E-state index contributed by atoms with van der Waals surface area (Å²) in [4.78, 5) is 4.97. The summed E-state index contributed by atoms with van der Waals surface area (Å²) < 4.78 is 5.86. The maximum atomic E-state index is 5.86. The number of rotatable bonds is 3. The standard InChI is InChI=1S/C17H15NO2/c1-12-7-9-13(10-8-12)17(18-19-2)16-11-14-5-3-4-6-15(14)20-16/h3-11H,1-2H3. The lowest BCUT2D eigenvalue weighted by molar-refractivity contribution is 0.213. The molecule has 3 aromatic rings. The van der Waals surface area contributed by atoms with Crippen LogP contribution >= 0.6 is 0 Å². The third kappa shape index (κ3) is 2.30. The van der Waals surface area contributed by atoms with Crippen molar-refractivity contribution in [2.45, 2.75) is 6.92 Å². The van der Waals surface area contributed by atoms with E-state index in [9.17, 15) is 0 Å². The van der Waals surface area contributed by atoms with Crippen molar-refractivity contribution in [3.05, 3.63) is 71.5 Å². The fourth-order valence-electron chi connectivity index (χ4n) is 2.14. The van der Waals surface area contributed by atoms with Gasteiger partial charge in [-0.3, -0.25) is 0 Å². The minimum absolute atomic E-state index is 0.698. The molecule has 20 heavy (non-hydrogen) atoms. The first-order valence-electron chi connectivity index (χ1n) is 6.45. The Morgan fingerprint density at radius 2 is 1.80 bits per heavy atom.